The molecule has 24 heavy (non-hydrogen) atoms. The van der Waals surface area contributed by atoms with Crippen molar-refractivity contribution in [3.05, 3.63) is 68.6 Å². The molecule has 1 amide bonds. The van der Waals surface area contributed by atoms with Gasteiger partial charge in [-0.25, -0.2) is 0 Å². The van der Waals surface area contributed by atoms with Crippen molar-refractivity contribution >= 4 is 40.9 Å². The van der Waals surface area contributed by atoms with Crippen LogP contribution >= 0.6 is 23.2 Å². The van der Waals surface area contributed by atoms with Crippen molar-refractivity contribution in [1.29, 1.82) is 0 Å². The highest BCUT2D eigenvalue weighted by molar-refractivity contribution is 6.36. The summed E-state index contributed by atoms with van der Waals surface area (Å²) in [7, 11) is 0. The largest absolute Gasteiger partial charge is 0.351 e. The van der Waals surface area contributed by atoms with Crippen LogP contribution < -0.4 is 10.9 Å². The lowest BCUT2D eigenvalue weighted by Gasteiger charge is -2.12. The number of unbranched alkanes of at least 4 members (excludes halogenated alkanes) is 1. The van der Waals surface area contributed by atoms with Crippen LogP contribution in [0.1, 0.15) is 25.3 Å². The second-order valence-corrected chi connectivity index (χ2v) is 6.06. The molecule has 0 unspecified atom stereocenters. The Kier molecular flexibility index (Phi) is 6.64. The molecule has 126 valence electrons. The van der Waals surface area contributed by atoms with Crippen LogP contribution in [0, 0.1) is 0 Å². The van der Waals surface area contributed by atoms with E-state index in [1.165, 1.54) is 10.6 Å². The fraction of sp³-hybridized carbons (Fsp3) is 0.222. The third kappa shape index (κ3) is 4.73. The molecule has 0 atom stereocenters. The molecule has 1 aromatic heterocycles. The number of nitrogens with one attached hydrogen (secondary N) is 1. The van der Waals surface area contributed by atoms with Gasteiger partial charge in [0.2, 0.25) is 0 Å². The molecule has 2 aromatic rings. The maximum Gasteiger partial charge on any atom is 0.268 e. The van der Waals surface area contributed by atoms with E-state index in [0.717, 1.165) is 12.8 Å². The van der Waals surface area contributed by atoms with Crippen LogP contribution in [0.25, 0.3) is 11.8 Å². The van der Waals surface area contributed by atoms with Gasteiger partial charge in [-0.2, -0.15) is 0 Å². The highest BCUT2D eigenvalue weighted by Crippen LogP contribution is 2.24. The van der Waals surface area contributed by atoms with Gasteiger partial charge < -0.3 is 5.32 Å². The number of hydrogen-bond donors (Lipinski definition) is 1. The van der Waals surface area contributed by atoms with Crippen molar-refractivity contribution in [3.63, 3.8) is 0 Å². The normalized spacial score (nSPS) is 11.4. The van der Waals surface area contributed by atoms with E-state index in [1.54, 1.807) is 42.6 Å². The average molecular weight is 365 g/mol. The van der Waals surface area contributed by atoms with E-state index in [-0.39, 0.29) is 17.2 Å². The molecule has 4 nitrogen and oxygen atoms in total. The van der Waals surface area contributed by atoms with Crippen LogP contribution in [-0.4, -0.2) is 17.0 Å². The third-order valence-corrected chi connectivity index (χ3v) is 3.95. The summed E-state index contributed by atoms with van der Waals surface area (Å²) < 4.78 is 1.30. The number of hydrogen-bond acceptors (Lipinski definition) is 2. The minimum atomic E-state index is -0.331. The third-order valence-electron chi connectivity index (χ3n) is 3.39. The first kappa shape index (κ1) is 18.3. The Morgan fingerprint density at radius 3 is 2.71 bits per heavy atom. The zero-order valence-corrected chi connectivity index (χ0v) is 14.8. The smallest absolute Gasteiger partial charge is 0.268 e. The maximum atomic E-state index is 12.5. The van der Waals surface area contributed by atoms with Crippen LogP contribution in [0.3, 0.4) is 0 Å². The van der Waals surface area contributed by atoms with Crippen LogP contribution in [0.2, 0.25) is 10.0 Å². The molecule has 0 aliphatic carbocycles. The molecule has 0 radical (unpaired) electrons. The lowest BCUT2D eigenvalue weighted by atomic mass is 10.1. The number of rotatable bonds is 6. The summed E-state index contributed by atoms with van der Waals surface area (Å²) in [5, 5.41) is 3.73. The van der Waals surface area contributed by atoms with Gasteiger partial charge in [-0.05, 0) is 36.3 Å². The molecular formula is C18H18Cl2N2O2. The van der Waals surface area contributed by atoms with E-state index in [9.17, 15) is 9.59 Å². The topological polar surface area (TPSA) is 51.1 Å². The van der Waals surface area contributed by atoms with E-state index in [2.05, 4.69) is 5.32 Å². The highest BCUT2D eigenvalue weighted by Gasteiger charge is 2.13. The lowest BCUT2D eigenvalue weighted by Crippen LogP contribution is -2.31. The summed E-state index contributed by atoms with van der Waals surface area (Å²) in [6.45, 7) is 2.58. The Labute approximate surface area is 150 Å². The van der Waals surface area contributed by atoms with E-state index >= 15 is 0 Å². The number of benzene rings is 1. The zero-order chi connectivity index (χ0) is 17.5. The first-order chi connectivity index (χ1) is 11.5. The summed E-state index contributed by atoms with van der Waals surface area (Å²) in [6, 6.07) is 9.70. The minimum Gasteiger partial charge on any atom is -0.351 e. The molecule has 0 saturated heterocycles. The first-order valence-corrected chi connectivity index (χ1v) is 8.41. The number of carbonyl (C=O) groups excluding carboxylic acids is 1. The number of amides is 1. The summed E-state index contributed by atoms with van der Waals surface area (Å²) in [5.41, 5.74) is 0.526. The van der Waals surface area contributed by atoms with Gasteiger partial charge >= 0.3 is 0 Å². The second kappa shape index (κ2) is 8.71. The summed E-state index contributed by atoms with van der Waals surface area (Å²) in [5.74, 6) is -0.331. The molecule has 2 rings (SSSR count). The monoisotopic (exact) mass is 364 g/mol. The van der Waals surface area contributed by atoms with Crippen molar-refractivity contribution < 1.29 is 4.79 Å². The van der Waals surface area contributed by atoms with Gasteiger partial charge in [-0.3, -0.25) is 14.2 Å². The van der Waals surface area contributed by atoms with Crippen LogP contribution in [0.4, 0.5) is 0 Å². The fourth-order valence-electron chi connectivity index (χ4n) is 2.11. The van der Waals surface area contributed by atoms with Gasteiger partial charge in [0.1, 0.15) is 5.70 Å². The Hall–Kier alpha value is -2.04. The van der Waals surface area contributed by atoms with Crippen LogP contribution in [-0.2, 0) is 4.79 Å². The van der Waals surface area contributed by atoms with E-state index in [0.29, 0.717) is 22.2 Å². The van der Waals surface area contributed by atoms with Gasteiger partial charge in [0.25, 0.3) is 11.5 Å². The highest BCUT2D eigenvalue weighted by atomic mass is 35.5. The minimum absolute atomic E-state index is 0.209. The molecule has 0 saturated carbocycles. The first-order valence-electron chi connectivity index (χ1n) is 7.66. The Bertz CT molecular complexity index is 813. The zero-order valence-electron chi connectivity index (χ0n) is 13.3. The van der Waals surface area contributed by atoms with Gasteiger partial charge in [0.05, 0.1) is 0 Å². The lowest BCUT2D eigenvalue weighted by molar-refractivity contribution is -0.115. The fourth-order valence-corrected chi connectivity index (χ4v) is 2.57. The molecule has 0 bridgehead atoms. The predicted molar refractivity (Wildman–Crippen MR) is 99.2 cm³/mol. The van der Waals surface area contributed by atoms with E-state index in [1.807, 2.05) is 6.92 Å². The Morgan fingerprint density at radius 1 is 1.25 bits per heavy atom. The molecule has 1 N–H and O–H groups in total. The van der Waals surface area contributed by atoms with E-state index in [4.69, 9.17) is 23.2 Å². The van der Waals surface area contributed by atoms with Crippen LogP contribution in [0.5, 0.6) is 0 Å². The van der Waals surface area contributed by atoms with Gasteiger partial charge in [-0.1, -0.05) is 48.7 Å². The van der Waals surface area contributed by atoms with E-state index < -0.39 is 0 Å². The number of pyridine rings is 1. The average Bonchev–Trinajstić information content (AvgIpc) is 2.55. The summed E-state index contributed by atoms with van der Waals surface area (Å²) >= 11 is 12.1. The van der Waals surface area contributed by atoms with Crippen molar-refractivity contribution in [2.45, 2.75) is 19.8 Å². The number of halogens is 2. The van der Waals surface area contributed by atoms with Crippen molar-refractivity contribution in [2.24, 2.45) is 0 Å². The Morgan fingerprint density at radius 2 is 2.04 bits per heavy atom. The molecule has 0 aliphatic heterocycles. The van der Waals surface area contributed by atoms with Crippen molar-refractivity contribution in [2.75, 3.05) is 6.54 Å². The van der Waals surface area contributed by atoms with Crippen LogP contribution in [0.15, 0.2) is 47.4 Å². The molecule has 1 aromatic carbocycles. The molecule has 1 heterocycles. The van der Waals surface area contributed by atoms with Gasteiger partial charge in [0.15, 0.2) is 0 Å². The molecule has 0 spiro atoms. The Balaban J connectivity index is 2.46. The predicted octanol–water partition coefficient (Wildman–Crippen LogP) is 4.07. The number of aromatic nitrogens is 1. The SMILES string of the molecule is CCCCNC(=O)/C(=C\c1ccc(Cl)cc1Cl)n1ccccc1=O. The van der Waals surface area contributed by atoms with Crippen molar-refractivity contribution in [1.82, 2.24) is 9.88 Å². The standard InChI is InChI=1S/C18H18Cl2N2O2/c1-2-3-9-21-18(24)16(22-10-5-4-6-17(22)23)11-13-7-8-14(19)12-15(13)20/h4-8,10-12H,2-3,9H2,1H3,(H,21,24)/b16-11+. The summed E-state index contributed by atoms with van der Waals surface area (Å²) in [4.78, 5) is 24.7. The summed E-state index contributed by atoms with van der Waals surface area (Å²) in [6.07, 6.45) is 4.97. The molecule has 6 heteroatoms. The van der Waals surface area contributed by atoms with Gasteiger partial charge in [-0.15, -0.1) is 0 Å². The number of carbonyl (C=O) groups is 1. The quantitative estimate of drug-likeness (QED) is 0.620. The van der Waals surface area contributed by atoms with Crippen molar-refractivity contribution in [3.8, 4) is 0 Å². The van der Waals surface area contributed by atoms with Gasteiger partial charge in [0, 0.05) is 28.9 Å². The maximum absolute atomic E-state index is 12.5. The number of nitrogens with zero attached hydrogens (tertiary/aromatic N) is 1. The molecule has 0 aliphatic rings. The molecular weight excluding hydrogens is 347 g/mol. The molecule has 0 fully saturated rings. The second-order valence-electron chi connectivity index (χ2n) is 5.21.